The molecule has 0 saturated heterocycles. The molecule has 0 aromatic heterocycles. The van der Waals surface area contributed by atoms with Gasteiger partial charge in [0.25, 0.3) is 0 Å². The maximum Gasteiger partial charge on any atom is 0.0964 e. The van der Waals surface area contributed by atoms with Crippen LogP contribution in [0.4, 0.5) is 5.69 Å². The normalized spacial score (nSPS) is 11.3. The fourth-order valence-electron chi connectivity index (χ4n) is 4.79. The molecule has 0 amide bonds. The first-order valence-electron chi connectivity index (χ1n) is 12.1. The second-order valence-corrected chi connectivity index (χ2v) is 11.7. The molecule has 2 aliphatic rings. The van der Waals surface area contributed by atoms with Gasteiger partial charge in [0.1, 0.15) is 0 Å². The maximum absolute atomic E-state index is 5.72. The summed E-state index contributed by atoms with van der Waals surface area (Å²) in [6.45, 7) is 0. The van der Waals surface area contributed by atoms with Crippen molar-refractivity contribution in [1.82, 2.24) is 4.98 Å². The summed E-state index contributed by atoms with van der Waals surface area (Å²) in [5.74, 6) is 0. The Labute approximate surface area is 212 Å². The average molecular weight is 481 g/mol. The number of hydrogen-bond acceptors (Lipinski definition) is 2. The Hall–Kier alpha value is -4.26. The number of rotatable bonds is 5. The number of aromatic nitrogens is 1. The van der Waals surface area contributed by atoms with Gasteiger partial charge in [-0.1, -0.05) is 140 Å². The minimum absolute atomic E-state index is 0.905. The molecule has 0 saturated carbocycles. The lowest BCUT2D eigenvalue weighted by molar-refractivity contribution is 1.39. The molecule has 0 spiro atoms. The van der Waals surface area contributed by atoms with Crippen molar-refractivity contribution in [2.45, 2.75) is 0 Å². The second-order valence-electron chi connectivity index (χ2n) is 8.65. The Balaban J connectivity index is 1.68. The fraction of sp³-hybridized carbons (Fsp3) is 0. The summed E-state index contributed by atoms with van der Waals surface area (Å²) in [4.78, 5) is 4.92. The summed E-state index contributed by atoms with van der Waals surface area (Å²) in [5, 5.41) is 3.66. The molecule has 0 unspecified atom stereocenters. The third kappa shape index (κ3) is 3.96. The Morgan fingerprint density at radius 3 is 1.42 bits per heavy atom. The molecule has 0 N–H and O–H groups in total. The Morgan fingerprint density at radius 1 is 0.444 bits per heavy atom. The Morgan fingerprint density at radius 2 is 0.889 bits per heavy atom. The Kier molecular flexibility index (Phi) is 6.03. The highest BCUT2D eigenvalue weighted by molar-refractivity contribution is 7.87. The predicted octanol–water partition coefficient (Wildman–Crippen LogP) is 7.66. The van der Waals surface area contributed by atoms with Gasteiger partial charge in [-0.15, -0.1) is 0 Å². The van der Waals surface area contributed by atoms with E-state index in [1.165, 1.54) is 15.9 Å². The van der Waals surface area contributed by atoms with Gasteiger partial charge in [-0.05, 0) is 11.6 Å². The molecular formula is C33H25N2P. The van der Waals surface area contributed by atoms with Gasteiger partial charge >= 0.3 is 0 Å². The predicted molar refractivity (Wildman–Crippen MR) is 154 cm³/mol. The van der Waals surface area contributed by atoms with Crippen molar-refractivity contribution in [3.63, 3.8) is 0 Å². The SMILES string of the molecule is c1ccc(-c2cnc3c(N=P(c4ccccc4)(c4ccccc4)c4ccccc4)ccccc2-3)cc1. The summed E-state index contributed by atoms with van der Waals surface area (Å²) in [6.07, 6.45) is 1.98. The van der Waals surface area contributed by atoms with Crippen LogP contribution in [0.5, 0.6) is 0 Å². The van der Waals surface area contributed by atoms with E-state index in [2.05, 4.69) is 140 Å². The molecule has 4 aromatic carbocycles. The van der Waals surface area contributed by atoms with Gasteiger partial charge < -0.3 is 0 Å². The molecule has 36 heavy (non-hydrogen) atoms. The Bertz CT molecular complexity index is 1510. The highest BCUT2D eigenvalue weighted by atomic mass is 31.2. The minimum Gasteiger partial charge on any atom is -0.253 e. The van der Waals surface area contributed by atoms with Gasteiger partial charge in [0.2, 0.25) is 0 Å². The van der Waals surface area contributed by atoms with Crippen molar-refractivity contribution in [2.24, 2.45) is 4.74 Å². The van der Waals surface area contributed by atoms with E-state index in [0.717, 1.165) is 28.1 Å². The first-order valence-corrected chi connectivity index (χ1v) is 13.8. The molecule has 1 aliphatic carbocycles. The maximum atomic E-state index is 5.72. The van der Waals surface area contributed by atoms with E-state index >= 15 is 0 Å². The average Bonchev–Trinajstić information content (AvgIpc) is 3.28. The zero-order valence-corrected chi connectivity index (χ0v) is 20.7. The van der Waals surface area contributed by atoms with Crippen LogP contribution in [-0.2, 0) is 0 Å². The van der Waals surface area contributed by atoms with Crippen LogP contribution >= 0.6 is 7.05 Å². The van der Waals surface area contributed by atoms with Crippen molar-refractivity contribution in [3.8, 4) is 22.4 Å². The molecule has 1 heterocycles. The quantitative estimate of drug-likeness (QED) is 0.233. The standard InChI is InChI=1S/C33H25N2P/c1-5-15-26(16-6-1)31-25-34-33-30(31)23-13-14-24-32(33)35-36(27-17-7-2-8-18-27,28-19-9-3-10-20-28)29-21-11-4-12-22-29/h1-25H. The van der Waals surface area contributed by atoms with Gasteiger partial charge in [0.15, 0.2) is 0 Å². The fourth-order valence-corrected chi connectivity index (χ4v) is 8.32. The van der Waals surface area contributed by atoms with E-state index in [-0.39, 0.29) is 0 Å². The van der Waals surface area contributed by atoms with E-state index in [1.807, 2.05) is 12.3 Å². The van der Waals surface area contributed by atoms with E-state index in [4.69, 9.17) is 9.73 Å². The third-order valence-corrected chi connectivity index (χ3v) is 10.1. The third-order valence-electron chi connectivity index (χ3n) is 6.47. The minimum atomic E-state index is -2.39. The van der Waals surface area contributed by atoms with Gasteiger partial charge in [0, 0.05) is 33.2 Å². The topological polar surface area (TPSA) is 25.2 Å². The van der Waals surface area contributed by atoms with Gasteiger partial charge in [-0.25, -0.2) is 0 Å². The summed E-state index contributed by atoms with van der Waals surface area (Å²) >= 11 is 0. The van der Waals surface area contributed by atoms with Gasteiger partial charge in [0.05, 0.1) is 18.4 Å². The molecule has 0 fully saturated rings. The molecule has 4 aromatic rings. The summed E-state index contributed by atoms with van der Waals surface area (Å²) in [6, 6.07) is 51.0. The monoisotopic (exact) mass is 480 g/mol. The highest BCUT2D eigenvalue weighted by Gasteiger charge is 2.28. The van der Waals surface area contributed by atoms with Crippen LogP contribution in [0.15, 0.2) is 157 Å². The van der Waals surface area contributed by atoms with Crippen LogP contribution in [0.2, 0.25) is 0 Å². The lowest BCUT2D eigenvalue weighted by Crippen LogP contribution is -2.25. The van der Waals surface area contributed by atoms with E-state index < -0.39 is 7.05 Å². The lowest BCUT2D eigenvalue weighted by Gasteiger charge is -2.27. The molecular weight excluding hydrogens is 455 g/mol. The molecule has 3 heteroatoms. The molecule has 0 atom stereocenters. The second kappa shape index (κ2) is 9.77. The largest absolute Gasteiger partial charge is 0.253 e. The number of fused-ring (bicyclic) bond motifs is 1. The first-order chi connectivity index (χ1) is 17.9. The van der Waals surface area contributed by atoms with Crippen LogP contribution in [0, 0.1) is 0 Å². The highest BCUT2D eigenvalue weighted by Crippen LogP contribution is 2.51. The zero-order valence-electron chi connectivity index (χ0n) is 19.8. The van der Waals surface area contributed by atoms with Crippen LogP contribution in [0.1, 0.15) is 0 Å². The summed E-state index contributed by atoms with van der Waals surface area (Å²) in [7, 11) is -2.39. The molecule has 1 aliphatic heterocycles. The molecule has 2 nitrogen and oxygen atoms in total. The van der Waals surface area contributed by atoms with E-state index in [0.29, 0.717) is 0 Å². The van der Waals surface area contributed by atoms with Crippen molar-refractivity contribution in [3.05, 3.63) is 152 Å². The van der Waals surface area contributed by atoms with Gasteiger partial charge in [-0.3, -0.25) is 9.73 Å². The van der Waals surface area contributed by atoms with E-state index in [9.17, 15) is 0 Å². The first kappa shape index (κ1) is 22.2. The smallest absolute Gasteiger partial charge is 0.0964 e. The van der Waals surface area contributed by atoms with Crippen molar-refractivity contribution < 1.29 is 0 Å². The van der Waals surface area contributed by atoms with E-state index in [1.54, 1.807) is 0 Å². The number of nitrogens with zero attached hydrogens (tertiary/aromatic N) is 2. The summed E-state index contributed by atoms with van der Waals surface area (Å²) < 4.78 is 5.72. The molecule has 0 bridgehead atoms. The number of hydrogen-bond donors (Lipinski definition) is 0. The molecule has 0 radical (unpaired) electrons. The lowest BCUT2D eigenvalue weighted by atomic mass is 10.0. The van der Waals surface area contributed by atoms with Crippen LogP contribution in [0.25, 0.3) is 22.4 Å². The zero-order chi connectivity index (χ0) is 24.2. The molecule has 172 valence electrons. The van der Waals surface area contributed by atoms with Crippen LogP contribution < -0.4 is 15.9 Å². The molecule has 6 rings (SSSR count). The van der Waals surface area contributed by atoms with Crippen molar-refractivity contribution in [1.29, 1.82) is 0 Å². The van der Waals surface area contributed by atoms with Crippen molar-refractivity contribution in [2.75, 3.05) is 0 Å². The van der Waals surface area contributed by atoms with Crippen LogP contribution in [0.3, 0.4) is 0 Å². The van der Waals surface area contributed by atoms with Gasteiger partial charge in [-0.2, -0.15) is 0 Å². The number of benzene rings is 4. The summed E-state index contributed by atoms with van der Waals surface area (Å²) in [5.41, 5.74) is 5.22. The van der Waals surface area contributed by atoms with Crippen LogP contribution in [-0.4, -0.2) is 4.98 Å². The van der Waals surface area contributed by atoms with Crippen molar-refractivity contribution >= 4 is 28.7 Å².